The summed E-state index contributed by atoms with van der Waals surface area (Å²) in [5, 5.41) is 6.21. The van der Waals surface area contributed by atoms with Crippen molar-refractivity contribution in [3.63, 3.8) is 0 Å². The van der Waals surface area contributed by atoms with E-state index in [0.717, 1.165) is 22.4 Å². The normalized spacial score (nSPS) is 12.0. The van der Waals surface area contributed by atoms with E-state index in [9.17, 15) is 0 Å². The van der Waals surface area contributed by atoms with Crippen molar-refractivity contribution in [2.24, 2.45) is 0 Å². The molecule has 54 heavy (non-hydrogen) atoms. The average Bonchev–Trinajstić information content (AvgIpc) is 3.73. The lowest BCUT2D eigenvalue weighted by Gasteiger charge is -2.29. The van der Waals surface area contributed by atoms with Gasteiger partial charge in [-0.3, -0.25) is 0 Å². The van der Waals surface area contributed by atoms with Gasteiger partial charge in [-0.2, -0.15) is 0 Å². The van der Waals surface area contributed by atoms with Gasteiger partial charge in [0.1, 0.15) is 0 Å². The van der Waals surface area contributed by atoms with E-state index in [4.69, 9.17) is 15.0 Å². The largest absolute Gasteiger partial charge is 0.307 e. The van der Waals surface area contributed by atoms with Crippen molar-refractivity contribution in [2.75, 3.05) is 0 Å². The smallest absolute Gasteiger partial charge is 0.164 e. The fourth-order valence-corrected chi connectivity index (χ4v) is 10.2. The number of rotatable bonds is 6. The third-order valence-electron chi connectivity index (χ3n) is 10.5. The molecule has 3 heterocycles. The van der Waals surface area contributed by atoms with Crippen molar-refractivity contribution in [3.05, 3.63) is 170 Å². The molecule has 258 valence electrons. The summed E-state index contributed by atoms with van der Waals surface area (Å²) in [5.74, 6) is 1.99. The molecule has 0 saturated heterocycles. The Morgan fingerprint density at radius 3 is 1.17 bits per heavy atom. The second-order valence-electron chi connectivity index (χ2n) is 14.9. The van der Waals surface area contributed by atoms with Crippen LogP contribution >= 0.6 is 0 Å². The Hall–Kier alpha value is -6.63. The van der Waals surface area contributed by atoms with Crippen LogP contribution < -0.4 is 5.19 Å². The van der Waals surface area contributed by atoms with E-state index in [2.05, 4.69) is 162 Å². The summed E-state index contributed by atoms with van der Waals surface area (Å²) >= 11 is 0. The summed E-state index contributed by atoms with van der Waals surface area (Å²) in [7, 11) is -2.24. The molecule has 7 aromatic carbocycles. The number of hydrogen-bond donors (Lipinski definition) is 0. The van der Waals surface area contributed by atoms with Crippen molar-refractivity contribution in [1.29, 1.82) is 0 Å². The quantitative estimate of drug-likeness (QED) is 0.161. The Kier molecular flexibility index (Phi) is 7.42. The molecule has 5 nitrogen and oxygen atoms in total. The van der Waals surface area contributed by atoms with Crippen molar-refractivity contribution < 1.29 is 0 Å². The Morgan fingerprint density at radius 1 is 0.370 bits per heavy atom. The molecule has 0 spiro atoms. The number of fused-ring (bicyclic) bond motifs is 6. The minimum absolute atomic E-state index is 0.658. The van der Waals surface area contributed by atoms with Crippen LogP contribution in [-0.4, -0.2) is 32.2 Å². The van der Waals surface area contributed by atoms with Gasteiger partial charge in [-0.1, -0.05) is 153 Å². The van der Waals surface area contributed by atoms with Gasteiger partial charge < -0.3 is 9.13 Å². The molecule has 0 saturated carbocycles. The third kappa shape index (κ3) is 5.10. The summed E-state index contributed by atoms with van der Waals surface area (Å²) in [6, 6.07) is 60.2. The minimum Gasteiger partial charge on any atom is -0.307 e. The van der Waals surface area contributed by atoms with Crippen LogP contribution in [0.2, 0.25) is 19.6 Å². The molecular weight excluding hydrogens is 675 g/mol. The van der Waals surface area contributed by atoms with Crippen LogP contribution in [0.3, 0.4) is 0 Å². The molecule has 10 rings (SSSR count). The van der Waals surface area contributed by atoms with E-state index in [1.165, 1.54) is 54.5 Å². The Morgan fingerprint density at radius 2 is 0.741 bits per heavy atom. The maximum absolute atomic E-state index is 5.30. The molecule has 0 bridgehead atoms. The van der Waals surface area contributed by atoms with Gasteiger partial charge in [0.25, 0.3) is 0 Å². The maximum Gasteiger partial charge on any atom is 0.164 e. The molecule has 0 atom stereocenters. The standard InChI is InChI=1S/C48H37N5Si/c1-54(2,3)45-38(48-50-46(32-18-6-4-7-19-32)49-47(51-48)33-20-8-5-9-21-33)30-31-43(52-39-26-14-10-22-34(39)35-23-11-15-27-40(35)52)44(45)53-41-28-16-12-24-36(41)37-25-13-17-29-42(37)53/h4-31H,1-3H3. The molecular formula is C48H37N5Si. The molecule has 0 unspecified atom stereocenters. The van der Waals surface area contributed by atoms with Crippen molar-refractivity contribution in [1.82, 2.24) is 24.1 Å². The van der Waals surface area contributed by atoms with Crippen LogP contribution in [0, 0.1) is 0 Å². The van der Waals surface area contributed by atoms with Crippen molar-refractivity contribution in [3.8, 4) is 45.5 Å². The predicted octanol–water partition coefficient (Wildman–Crippen LogP) is 11.6. The molecule has 0 N–H and O–H groups in total. The Bertz CT molecular complexity index is 2860. The fourth-order valence-electron chi connectivity index (χ4n) is 8.21. The first kappa shape index (κ1) is 32.1. The summed E-state index contributed by atoms with van der Waals surface area (Å²) in [5.41, 5.74) is 9.92. The molecule has 0 radical (unpaired) electrons. The molecule has 6 heteroatoms. The van der Waals surface area contributed by atoms with Crippen LogP contribution in [0.1, 0.15) is 0 Å². The van der Waals surface area contributed by atoms with Gasteiger partial charge in [0.05, 0.1) is 41.5 Å². The van der Waals surface area contributed by atoms with Crippen molar-refractivity contribution >= 4 is 56.9 Å². The zero-order valence-corrected chi connectivity index (χ0v) is 31.4. The lowest BCUT2D eigenvalue weighted by atomic mass is 10.1. The van der Waals surface area contributed by atoms with Gasteiger partial charge in [-0.05, 0) is 41.6 Å². The summed E-state index contributed by atoms with van der Waals surface area (Å²) < 4.78 is 4.98. The number of benzene rings is 7. The highest BCUT2D eigenvalue weighted by Gasteiger charge is 2.32. The number of nitrogens with zero attached hydrogens (tertiary/aromatic N) is 5. The number of aromatic nitrogens is 5. The molecule has 10 aromatic rings. The first-order valence-electron chi connectivity index (χ1n) is 18.5. The van der Waals surface area contributed by atoms with E-state index in [-0.39, 0.29) is 0 Å². The molecule has 3 aromatic heterocycles. The van der Waals surface area contributed by atoms with Gasteiger partial charge in [-0.25, -0.2) is 15.0 Å². The van der Waals surface area contributed by atoms with E-state index in [1.54, 1.807) is 0 Å². The van der Waals surface area contributed by atoms with E-state index in [1.807, 2.05) is 36.4 Å². The summed E-state index contributed by atoms with van der Waals surface area (Å²) in [6.07, 6.45) is 0. The molecule has 0 fully saturated rings. The van der Waals surface area contributed by atoms with Gasteiger partial charge >= 0.3 is 0 Å². The van der Waals surface area contributed by atoms with Crippen LogP contribution in [0.4, 0.5) is 0 Å². The van der Waals surface area contributed by atoms with E-state index >= 15 is 0 Å². The zero-order chi connectivity index (χ0) is 36.4. The molecule has 0 amide bonds. The minimum atomic E-state index is -2.24. The summed E-state index contributed by atoms with van der Waals surface area (Å²) in [4.78, 5) is 15.6. The Balaban J connectivity index is 1.39. The van der Waals surface area contributed by atoms with Crippen LogP contribution in [0.5, 0.6) is 0 Å². The highest BCUT2D eigenvalue weighted by atomic mass is 28.3. The molecule has 0 aliphatic heterocycles. The predicted molar refractivity (Wildman–Crippen MR) is 228 cm³/mol. The average molecular weight is 712 g/mol. The first-order chi connectivity index (χ1) is 26.5. The first-order valence-corrected chi connectivity index (χ1v) is 22.0. The Labute approximate surface area is 314 Å². The van der Waals surface area contributed by atoms with Crippen LogP contribution in [0.25, 0.3) is 89.2 Å². The zero-order valence-electron chi connectivity index (χ0n) is 30.4. The highest BCUT2D eigenvalue weighted by Crippen LogP contribution is 2.40. The monoisotopic (exact) mass is 711 g/mol. The van der Waals surface area contributed by atoms with E-state index < -0.39 is 8.07 Å². The van der Waals surface area contributed by atoms with E-state index in [0.29, 0.717) is 17.5 Å². The van der Waals surface area contributed by atoms with Gasteiger partial charge in [-0.15, -0.1) is 0 Å². The van der Waals surface area contributed by atoms with Crippen molar-refractivity contribution in [2.45, 2.75) is 19.6 Å². The number of para-hydroxylation sites is 4. The second kappa shape index (κ2) is 12.5. The lowest BCUT2D eigenvalue weighted by Crippen LogP contribution is -2.42. The fraction of sp³-hybridized carbons (Fsp3) is 0.0625. The second-order valence-corrected chi connectivity index (χ2v) is 19.9. The summed E-state index contributed by atoms with van der Waals surface area (Å²) in [6.45, 7) is 7.32. The third-order valence-corrected chi connectivity index (χ3v) is 12.5. The van der Waals surface area contributed by atoms with Crippen LogP contribution in [0.15, 0.2) is 170 Å². The van der Waals surface area contributed by atoms with Gasteiger partial charge in [0.15, 0.2) is 17.5 Å². The number of hydrogen-bond acceptors (Lipinski definition) is 3. The topological polar surface area (TPSA) is 48.5 Å². The molecule has 0 aliphatic rings. The van der Waals surface area contributed by atoms with Crippen LogP contribution in [-0.2, 0) is 0 Å². The highest BCUT2D eigenvalue weighted by molar-refractivity contribution is 6.90. The lowest BCUT2D eigenvalue weighted by molar-refractivity contribution is 1.07. The molecule has 0 aliphatic carbocycles. The maximum atomic E-state index is 5.30. The van der Waals surface area contributed by atoms with Gasteiger partial charge in [0.2, 0.25) is 0 Å². The SMILES string of the molecule is C[Si](C)(C)c1c(-c2nc(-c3ccccc3)nc(-c3ccccc3)n2)ccc(-n2c3ccccc3c3ccccc32)c1-n1c2ccccc2c2ccccc21. The van der Waals surface area contributed by atoms with Gasteiger partial charge in [0, 0.05) is 38.2 Å².